The summed E-state index contributed by atoms with van der Waals surface area (Å²) < 4.78 is 12.3. The number of carbonyl (C=O) groups excluding carboxylic acids is 2. The number of thioether (sulfide) groups is 1. The van der Waals surface area contributed by atoms with Gasteiger partial charge in [0, 0.05) is 18.0 Å². The van der Waals surface area contributed by atoms with Gasteiger partial charge in [-0.3, -0.25) is 4.57 Å². The van der Waals surface area contributed by atoms with E-state index >= 15 is 0 Å². The van der Waals surface area contributed by atoms with Crippen LogP contribution in [0.2, 0.25) is 0 Å². The van der Waals surface area contributed by atoms with Crippen LogP contribution in [0.5, 0.6) is 0 Å². The van der Waals surface area contributed by atoms with Gasteiger partial charge in [0.2, 0.25) is 5.82 Å². The Kier molecular flexibility index (Phi) is 5.97. The van der Waals surface area contributed by atoms with E-state index in [9.17, 15) is 9.59 Å². The van der Waals surface area contributed by atoms with Gasteiger partial charge in [-0.25, -0.2) is 9.59 Å². The van der Waals surface area contributed by atoms with E-state index in [4.69, 9.17) is 9.15 Å². The summed E-state index contributed by atoms with van der Waals surface area (Å²) in [5, 5.41) is 14.3. The van der Waals surface area contributed by atoms with Crippen LogP contribution in [0, 0.1) is 0 Å². The molecular formula is C17H19N5O4S. The molecule has 2 N–H and O–H groups in total. The highest BCUT2D eigenvalue weighted by atomic mass is 32.2. The zero-order valence-corrected chi connectivity index (χ0v) is 15.5. The number of ether oxygens (including phenoxy) is 1. The van der Waals surface area contributed by atoms with Gasteiger partial charge in [-0.2, -0.15) is 0 Å². The summed E-state index contributed by atoms with van der Waals surface area (Å²) in [7, 11) is 0. The Hall–Kier alpha value is -3.01. The lowest BCUT2D eigenvalue weighted by molar-refractivity contribution is -0.138. The second-order valence-corrected chi connectivity index (χ2v) is 6.40. The first-order chi connectivity index (χ1) is 13.1. The van der Waals surface area contributed by atoms with Crippen molar-refractivity contribution in [2.24, 2.45) is 0 Å². The van der Waals surface area contributed by atoms with Crippen LogP contribution >= 0.6 is 11.8 Å². The molecule has 0 bridgehead atoms. The summed E-state index contributed by atoms with van der Waals surface area (Å²) in [6.07, 6.45) is 3.30. The fraction of sp³-hybridized carbons (Fsp3) is 0.294. The second kappa shape index (κ2) is 8.58. The Bertz CT molecular complexity index is 872. The van der Waals surface area contributed by atoms with Crippen LogP contribution in [0.3, 0.4) is 0 Å². The molecule has 0 atom stereocenters. The van der Waals surface area contributed by atoms with E-state index in [0.717, 1.165) is 0 Å². The van der Waals surface area contributed by atoms with Gasteiger partial charge in [-0.15, -0.1) is 16.8 Å². The van der Waals surface area contributed by atoms with Crippen LogP contribution in [-0.2, 0) is 16.1 Å². The number of nitrogens with zero attached hydrogens (tertiary/aromatic N) is 3. The first-order valence-electron chi connectivity index (χ1n) is 8.28. The van der Waals surface area contributed by atoms with Crippen molar-refractivity contribution in [2.45, 2.75) is 18.6 Å². The number of carbonyl (C=O) groups is 2. The van der Waals surface area contributed by atoms with Gasteiger partial charge in [0.05, 0.1) is 25.0 Å². The van der Waals surface area contributed by atoms with E-state index in [0.29, 0.717) is 40.3 Å². The quantitative estimate of drug-likeness (QED) is 0.403. The van der Waals surface area contributed by atoms with Crippen molar-refractivity contribution in [2.75, 3.05) is 18.9 Å². The van der Waals surface area contributed by atoms with Crippen molar-refractivity contribution in [3.05, 3.63) is 42.3 Å². The lowest BCUT2D eigenvalue weighted by Gasteiger charge is -2.21. The molecule has 3 rings (SSSR count). The maximum absolute atomic E-state index is 12.1. The third-order valence-corrected chi connectivity index (χ3v) is 4.69. The molecule has 9 nitrogen and oxygen atoms in total. The Morgan fingerprint density at radius 2 is 2.37 bits per heavy atom. The van der Waals surface area contributed by atoms with E-state index in [2.05, 4.69) is 27.4 Å². The minimum absolute atomic E-state index is 0.123. The molecule has 1 aliphatic heterocycles. The number of esters is 1. The Balaban J connectivity index is 1.83. The molecule has 1 aliphatic rings. The van der Waals surface area contributed by atoms with Crippen molar-refractivity contribution in [1.29, 1.82) is 0 Å². The van der Waals surface area contributed by atoms with Gasteiger partial charge in [0.25, 0.3) is 0 Å². The van der Waals surface area contributed by atoms with E-state index in [1.807, 2.05) is 4.57 Å². The third kappa shape index (κ3) is 4.22. The molecule has 27 heavy (non-hydrogen) atoms. The molecular weight excluding hydrogens is 370 g/mol. The van der Waals surface area contributed by atoms with Crippen LogP contribution in [0.4, 0.5) is 4.79 Å². The smallest absolute Gasteiger partial charge is 0.337 e. The van der Waals surface area contributed by atoms with Crippen LogP contribution in [0.15, 0.2) is 51.9 Å². The van der Waals surface area contributed by atoms with Gasteiger partial charge >= 0.3 is 12.0 Å². The second-order valence-electron chi connectivity index (χ2n) is 5.46. The van der Waals surface area contributed by atoms with E-state index in [-0.39, 0.29) is 19.2 Å². The summed E-state index contributed by atoms with van der Waals surface area (Å²) in [5.41, 5.74) is 0.889. The van der Waals surface area contributed by atoms with Gasteiger partial charge in [0.1, 0.15) is 0 Å². The minimum atomic E-state index is -0.454. The molecule has 3 heterocycles. The molecule has 0 aromatic carbocycles. The van der Waals surface area contributed by atoms with Crippen LogP contribution in [-0.4, -0.2) is 45.7 Å². The molecule has 0 saturated heterocycles. The number of nitrogens with one attached hydrogen (secondary N) is 2. The highest BCUT2D eigenvalue weighted by Crippen LogP contribution is 2.26. The number of hydrogen-bond acceptors (Lipinski definition) is 7. The topological polar surface area (TPSA) is 111 Å². The molecule has 0 saturated carbocycles. The number of allylic oxidation sites excluding steroid dienone is 1. The van der Waals surface area contributed by atoms with Crippen molar-refractivity contribution >= 4 is 23.8 Å². The van der Waals surface area contributed by atoms with Crippen molar-refractivity contribution in [1.82, 2.24) is 25.4 Å². The third-order valence-electron chi connectivity index (χ3n) is 3.69. The minimum Gasteiger partial charge on any atom is -0.463 e. The summed E-state index contributed by atoms with van der Waals surface area (Å²) >= 11 is 1.34. The Morgan fingerprint density at radius 1 is 1.52 bits per heavy atom. The average Bonchev–Trinajstić information content (AvgIpc) is 3.30. The number of hydrogen-bond donors (Lipinski definition) is 2. The summed E-state index contributed by atoms with van der Waals surface area (Å²) in [5.74, 6) is 1.05. The van der Waals surface area contributed by atoms with Crippen molar-refractivity contribution in [3.8, 4) is 11.6 Å². The highest BCUT2D eigenvalue weighted by Gasteiger charge is 2.24. The maximum atomic E-state index is 12.1. The molecule has 0 fully saturated rings. The van der Waals surface area contributed by atoms with Crippen molar-refractivity contribution in [3.63, 3.8) is 0 Å². The zero-order chi connectivity index (χ0) is 19.2. The number of furan rings is 1. The zero-order valence-electron chi connectivity index (χ0n) is 14.7. The maximum Gasteiger partial charge on any atom is 0.337 e. The molecule has 2 amide bonds. The van der Waals surface area contributed by atoms with Crippen LogP contribution < -0.4 is 10.6 Å². The first-order valence-corrected chi connectivity index (χ1v) is 9.27. The molecule has 2 aromatic rings. The predicted octanol–water partition coefficient (Wildman–Crippen LogP) is 1.95. The predicted molar refractivity (Wildman–Crippen MR) is 98.8 cm³/mol. The molecule has 0 radical (unpaired) electrons. The Morgan fingerprint density at radius 3 is 3.07 bits per heavy atom. The molecule has 142 valence electrons. The van der Waals surface area contributed by atoms with Gasteiger partial charge < -0.3 is 19.8 Å². The molecule has 2 aromatic heterocycles. The SMILES string of the molecule is C=CCn1c(SCC2=C(C(=O)OCC)CNC(=O)N2)nnc1-c1ccco1. The summed E-state index contributed by atoms with van der Waals surface area (Å²) in [6.45, 7) is 6.37. The fourth-order valence-corrected chi connectivity index (χ4v) is 3.42. The van der Waals surface area contributed by atoms with Crippen LogP contribution in [0.25, 0.3) is 11.6 Å². The lowest BCUT2D eigenvalue weighted by atomic mass is 10.2. The fourth-order valence-electron chi connectivity index (χ4n) is 2.48. The summed E-state index contributed by atoms with van der Waals surface area (Å²) in [6, 6.07) is 3.21. The number of aromatic nitrogens is 3. The first kappa shape index (κ1) is 18.8. The number of amides is 2. The Labute approximate surface area is 159 Å². The molecule has 10 heteroatoms. The molecule has 0 aliphatic carbocycles. The van der Waals surface area contributed by atoms with Crippen molar-refractivity contribution < 1.29 is 18.7 Å². The normalized spacial score (nSPS) is 13.9. The van der Waals surface area contributed by atoms with Gasteiger partial charge in [0.15, 0.2) is 10.9 Å². The van der Waals surface area contributed by atoms with E-state index in [1.54, 1.807) is 31.4 Å². The largest absolute Gasteiger partial charge is 0.463 e. The summed E-state index contributed by atoms with van der Waals surface area (Å²) in [4.78, 5) is 23.8. The highest BCUT2D eigenvalue weighted by molar-refractivity contribution is 7.99. The lowest BCUT2D eigenvalue weighted by Crippen LogP contribution is -2.44. The number of urea groups is 1. The molecule has 0 spiro atoms. The van der Waals surface area contributed by atoms with Gasteiger partial charge in [-0.05, 0) is 19.1 Å². The van der Waals surface area contributed by atoms with E-state index < -0.39 is 5.97 Å². The van der Waals surface area contributed by atoms with E-state index in [1.165, 1.54) is 11.8 Å². The average molecular weight is 389 g/mol. The number of rotatable bonds is 8. The van der Waals surface area contributed by atoms with Crippen LogP contribution in [0.1, 0.15) is 6.92 Å². The monoisotopic (exact) mass is 389 g/mol. The molecule has 0 unspecified atom stereocenters. The standard InChI is InChI=1S/C17H19N5O4S/c1-3-7-22-14(13-6-5-8-26-13)20-21-17(22)27-10-12-11(15(23)25-4-2)9-18-16(24)19-12/h3,5-6,8H,1,4,7,9-10H2,2H3,(H2,18,19,24). The van der Waals surface area contributed by atoms with Gasteiger partial charge in [-0.1, -0.05) is 17.8 Å².